The van der Waals surface area contributed by atoms with E-state index in [0.717, 1.165) is 4.90 Å². The average molecular weight is 654 g/mol. The van der Waals surface area contributed by atoms with Crippen LogP contribution in [-0.4, -0.2) is 38.9 Å². The molecule has 14 heteroatoms. The van der Waals surface area contributed by atoms with Crippen molar-refractivity contribution in [1.82, 2.24) is 4.90 Å². The summed E-state index contributed by atoms with van der Waals surface area (Å²) in [6.45, 7) is -0.444. The SMILES string of the molecule is O=C(c1cc(C(F)(F)F)cc(C(F)(F)F)c1)N1CCCC(CCOS(=O)(=O)c2ccccc2)(c2ccc(Cl)c(Cl)c2)C1. The van der Waals surface area contributed by atoms with E-state index in [-0.39, 0.29) is 47.1 Å². The van der Waals surface area contributed by atoms with Crippen LogP contribution in [0.3, 0.4) is 0 Å². The molecule has 1 heterocycles. The summed E-state index contributed by atoms with van der Waals surface area (Å²) in [6, 6.07) is 12.8. The monoisotopic (exact) mass is 653 g/mol. The molecule has 1 fully saturated rings. The van der Waals surface area contributed by atoms with Gasteiger partial charge in [0.25, 0.3) is 16.0 Å². The molecule has 1 aliphatic heterocycles. The Hall–Kier alpha value is -2.80. The molecule has 3 aromatic rings. The number of hydrogen-bond donors (Lipinski definition) is 0. The quantitative estimate of drug-likeness (QED) is 0.191. The Morgan fingerprint density at radius 2 is 1.50 bits per heavy atom. The Bertz CT molecular complexity index is 1530. The van der Waals surface area contributed by atoms with E-state index >= 15 is 0 Å². The lowest BCUT2D eigenvalue weighted by Gasteiger charge is -2.43. The van der Waals surface area contributed by atoms with Crippen LogP contribution in [0, 0.1) is 0 Å². The van der Waals surface area contributed by atoms with E-state index in [2.05, 4.69) is 0 Å². The molecule has 1 aliphatic rings. The molecule has 226 valence electrons. The normalized spacial score (nSPS) is 18.2. The molecule has 0 aliphatic carbocycles. The molecule has 1 amide bonds. The van der Waals surface area contributed by atoms with Crippen LogP contribution in [0.4, 0.5) is 26.3 Å². The van der Waals surface area contributed by atoms with Gasteiger partial charge in [0.05, 0.1) is 32.7 Å². The maximum atomic E-state index is 13.4. The van der Waals surface area contributed by atoms with Gasteiger partial charge in [0, 0.05) is 24.1 Å². The van der Waals surface area contributed by atoms with Crippen molar-refractivity contribution in [3.8, 4) is 0 Å². The molecule has 5 nitrogen and oxygen atoms in total. The number of carbonyl (C=O) groups is 1. The number of alkyl halides is 6. The van der Waals surface area contributed by atoms with Gasteiger partial charge in [0.1, 0.15) is 0 Å². The zero-order valence-electron chi connectivity index (χ0n) is 21.6. The summed E-state index contributed by atoms with van der Waals surface area (Å²) in [4.78, 5) is 14.5. The topological polar surface area (TPSA) is 63.7 Å². The summed E-state index contributed by atoms with van der Waals surface area (Å²) in [7, 11) is -4.14. The van der Waals surface area contributed by atoms with E-state index < -0.39 is 50.5 Å². The molecular formula is C28H23Cl2F6NO4S. The fraction of sp³-hybridized carbons (Fsp3) is 0.321. The zero-order chi connectivity index (χ0) is 30.9. The van der Waals surface area contributed by atoms with Crippen molar-refractivity contribution in [2.75, 3.05) is 19.7 Å². The van der Waals surface area contributed by atoms with Crippen LogP contribution in [-0.2, 0) is 32.1 Å². The highest BCUT2D eigenvalue weighted by Crippen LogP contribution is 2.41. The summed E-state index contributed by atoms with van der Waals surface area (Å²) in [5.74, 6) is -1.03. The molecule has 0 saturated carbocycles. The van der Waals surface area contributed by atoms with Gasteiger partial charge >= 0.3 is 12.4 Å². The van der Waals surface area contributed by atoms with Crippen LogP contribution >= 0.6 is 23.2 Å². The van der Waals surface area contributed by atoms with Gasteiger partial charge in [-0.1, -0.05) is 47.5 Å². The van der Waals surface area contributed by atoms with E-state index in [1.54, 1.807) is 12.1 Å². The van der Waals surface area contributed by atoms with E-state index in [1.807, 2.05) is 0 Å². The van der Waals surface area contributed by atoms with Crippen LogP contribution < -0.4 is 0 Å². The van der Waals surface area contributed by atoms with Crippen molar-refractivity contribution in [2.45, 2.75) is 41.9 Å². The third-order valence-corrected chi connectivity index (χ3v) is 9.15. The smallest absolute Gasteiger partial charge is 0.338 e. The largest absolute Gasteiger partial charge is 0.416 e. The van der Waals surface area contributed by atoms with Crippen LogP contribution in [0.15, 0.2) is 71.6 Å². The van der Waals surface area contributed by atoms with Gasteiger partial charge in [0.15, 0.2) is 0 Å². The van der Waals surface area contributed by atoms with Crippen molar-refractivity contribution in [3.05, 3.63) is 99.0 Å². The maximum absolute atomic E-state index is 13.4. The molecule has 1 saturated heterocycles. The second-order valence-corrected chi connectivity index (χ2v) is 12.3. The van der Waals surface area contributed by atoms with Crippen LogP contribution in [0.2, 0.25) is 10.0 Å². The van der Waals surface area contributed by atoms with E-state index in [9.17, 15) is 39.6 Å². The molecule has 4 rings (SSSR count). The Morgan fingerprint density at radius 3 is 2.07 bits per heavy atom. The first-order valence-electron chi connectivity index (χ1n) is 12.5. The Morgan fingerprint density at radius 1 is 0.881 bits per heavy atom. The summed E-state index contributed by atoms with van der Waals surface area (Å²) in [5, 5.41) is 0.397. The van der Waals surface area contributed by atoms with Gasteiger partial charge in [-0.25, -0.2) is 0 Å². The fourth-order valence-corrected chi connectivity index (χ4v) is 6.21. The molecular weight excluding hydrogens is 631 g/mol. The number of amides is 1. The molecule has 0 bridgehead atoms. The number of carbonyl (C=O) groups excluding carboxylic acids is 1. The predicted molar refractivity (Wildman–Crippen MR) is 144 cm³/mol. The first-order valence-corrected chi connectivity index (χ1v) is 14.7. The first kappa shape index (κ1) is 32.1. The number of halogens is 8. The highest BCUT2D eigenvalue weighted by atomic mass is 35.5. The molecule has 0 aromatic heterocycles. The first-order chi connectivity index (χ1) is 19.5. The minimum Gasteiger partial charge on any atom is -0.338 e. The Balaban J connectivity index is 1.67. The molecule has 3 aromatic carbocycles. The zero-order valence-corrected chi connectivity index (χ0v) is 23.9. The summed E-state index contributed by atoms with van der Waals surface area (Å²) in [5.41, 5.74) is -4.44. The lowest BCUT2D eigenvalue weighted by atomic mass is 9.71. The lowest BCUT2D eigenvalue weighted by molar-refractivity contribution is -0.143. The number of hydrogen-bond acceptors (Lipinski definition) is 4. The highest BCUT2D eigenvalue weighted by Gasteiger charge is 2.41. The average Bonchev–Trinajstić information content (AvgIpc) is 2.93. The van der Waals surface area contributed by atoms with Gasteiger partial charge in [-0.05, 0) is 67.3 Å². The molecule has 0 spiro atoms. The number of likely N-dealkylation sites (tertiary alicyclic amines) is 1. The summed E-state index contributed by atoms with van der Waals surface area (Å²) >= 11 is 12.3. The maximum Gasteiger partial charge on any atom is 0.416 e. The Labute approximate surface area is 248 Å². The van der Waals surface area contributed by atoms with Crippen molar-refractivity contribution in [1.29, 1.82) is 0 Å². The fourth-order valence-electron chi connectivity index (χ4n) is 4.98. The Kier molecular flexibility index (Phi) is 9.23. The lowest BCUT2D eigenvalue weighted by Crippen LogP contribution is -2.49. The van der Waals surface area contributed by atoms with Gasteiger partial charge in [-0.15, -0.1) is 0 Å². The molecule has 0 N–H and O–H groups in total. The highest BCUT2D eigenvalue weighted by molar-refractivity contribution is 7.86. The summed E-state index contributed by atoms with van der Waals surface area (Å²) in [6.07, 6.45) is -9.52. The van der Waals surface area contributed by atoms with Gasteiger partial charge in [0.2, 0.25) is 0 Å². The van der Waals surface area contributed by atoms with Gasteiger partial charge < -0.3 is 4.90 Å². The summed E-state index contributed by atoms with van der Waals surface area (Å²) < 4.78 is 111. The number of rotatable bonds is 7. The molecule has 0 radical (unpaired) electrons. The molecule has 42 heavy (non-hydrogen) atoms. The third-order valence-electron chi connectivity index (χ3n) is 7.08. The third kappa shape index (κ3) is 7.21. The second kappa shape index (κ2) is 12.1. The van der Waals surface area contributed by atoms with Crippen LogP contribution in [0.5, 0.6) is 0 Å². The molecule has 1 unspecified atom stereocenters. The standard InChI is InChI=1S/C28H23Cl2F6NO4S/c29-23-8-7-19(16-24(23)30)26(10-12-41-42(39,40)22-5-2-1-3-6-22)9-4-11-37(17-26)25(38)18-13-20(27(31,32)33)15-21(14-18)28(34,35)36/h1-3,5-8,13-16H,4,9-12,17H2. The second-order valence-electron chi connectivity index (χ2n) is 9.87. The van der Waals surface area contributed by atoms with E-state index in [4.69, 9.17) is 27.4 Å². The number of piperidine rings is 1. The minimum absolute atomic E-state index is 0.0250. The van der Waals surface area contributed by atoms with E-state index in [0.29, 0.717) is 30.5 Å². The predicted octanol–water partition coefficient (Wildman–Crippen LogP) is 8.00. The minimum atomic E-state index is -5.12. The van der Waals surface area contributed by atoms with E-state index in [1.165, 1.54) is 36.4 Å². The van der Waals surface area contributed by atoms with Crippen molar-refractivity contribution in [2.24, 2.45) is 0 Å². The van der Waals surface area contributed by atoms with Crippen LogP contribution in [0.25, 0.3) is 0 Å². The number of nitrogens with zero attached hydrogens (tertiary/aromatic N) is 1. The molecule has 1 atom stereocenters. The van der Waals surface area contributed by atoms with Crippen molar-refractivity contribution < 1.29 is 43.7 Å². The van der Waals surface area contributed by atoms with Gasteiger partial charge in [-0.2, -0.15) is 34.8 Å². The van der Waals surface area contributed by atoms with Crippen molar-refractivity contribution in [3.63, 3.8) is 0 Å². The number of benzene rings is 3. The van der Waals surface area contributed by atoms with Gasteiger partial charge in [-0.3, -0.25) is 8.98 Å². The van der Waals surface area contributed by atoms with Crippen molar-refractivity contribution >= 4 is 39.2 Å². The van der Waals surface area contributed by atoms with Crippen LogP contribution in [0.1, 0.15) is 46.3 Å².